The Kier molecular flexibility index (Phi) is 10.8. The highest BCUT2D eigenvalue weighted by molar-refractivity contribution is 7.99. The van der Waals surface area contributed by atoms with Crippen molar-refractivity contribution in [2.24, 2.45) is 0 Å². The number of aliphatic carboxylic acids is 2. The number of nitrogens with zero attached hydrogens (tertiary/aromatic N) is 1. The Balaban J connectivity index is 0.000000308. The van der Waals surface area contributed by atoms with Gasteiger partial charge in [-0.1, -0.05) is 36.6 Å². The van der Waals surface area contributed by atoms with Crippen molar-refractivity contribution < 1.29 is 30.0 Å². The number of aromatic nitrogens is 1. The molecule has 2 atom stereocenters. The van der Waals surface area contributed by atoms with Crippen molar-refractivity contribution in [3.05, 3.63) is 52.2 Å². The highest BCUT2D eigenvalue weighted by Gasteiger charge is 2.29. The summed E-state index contributed by atoms with van der Waals surface area (Å²) in [6.45, 7) is 2.81. The number of carbonyl (C=O) groups is 2. The number of aliphatic hydroxyl groups is 2. The number of hydrogen-bond acceptors (Lipinski definition) is 8. The maximum absolute atomic E-state index is 9.77. The summed E-state index contributed by atoms with van der Waals surface area (Å²) < 4.78 is 0. The maximum atomic E-state index is 9.77. The van der Waals surface area contributed by atoms with Gasteiger partial charge < -0.3 is 31.1 Å². The van der Waals surface area contributed by atoms with Crippen molar-refractivity contribution in [1.29, 1.82) is 0 Å². The molecular formula is C25H32ClN3O6S. The molecule has 36 heavy (non-hydrogen) atoms. The molecule has 6 N–H and O–H groups in total. The molecule has 4 rings (SSSR count). The smallest absolute Gasteiger partial charge is 0.335 e. The van der Waals surface area contributed by atoms with Crippen LogP contribution in [0.3, 0.4) is 0 Å². The molecule has 0 radical (unpaired) electrons. The van der Waals surface area contributed by atoms with E-state index in [1.165, 1.54) is 42.4 Å². The highest BCUT2D eigenvalue weighted by atomic mass is 35.5. The average Bonchev–Trinajstić information content (AvgIpc) is 3.26. The molecule has 1 aromatic carbocycles. The molecule has 2 aromatic rings. The second-order valence-corrected chi connectivity index (χ2v) is 10.5. The van der Waals surface area contributed by atoms with E-state index < -0.39 is 24.1 Å². The third-order valence-electron chi connectivity index (χ3n) is 6.14. The van der Waals surface area contributed by atoms with E-state index in [1.807, 2.05) is 24.0 Å². The van der Waals surface area contributed by atoms with Crippen molar-refractivity contribution in [1.82, 2.24) is 10.3 Å². The van der Waals surface area contributed by atoms with Gasteiger partial charge in [0.25, 0.3) is 0 Å². The zero-order valence-electron chi connectivity index (χ0n) is 19.8. The molecule has 2 heterocycles. The van der Waals surface area contributed by atoms with Gasteiger partial charge in [0.15, 0.2) is 12.2 Å². The summed E-state index contributed by atoms with van der Waals surface area (Å²) in [7, 11) is 0. The van der Waals surface area contributed by atoms with Crippen molar-refractivity contribution in [3.8, 4) is 0 Å². The van der Waals surface area contributed by atoms with E-state index >= 15 is 0 Å². The third-order valence-corrected chi connectivity index (χ3v) is 7.75. The Labute approximate surface area is 219 Å². The monoisotopic (exact) mass is 537 g/mol. The fourth-order valence-corrected chi connectivity index (χ4v) is 5.57. The van der Waals surface area contributed by atoms with Crippen LogP contribution in [0.2, 0.25) is 5.02 Å². The molecule has 9 nitrogen and oxygen atoms in total. The van der Waals surface area contributed by atoms with E-state index in [4.69, 9.17) is 32.0 Å². The van der Waals surface area contributed by atoms with Crippen LogP contribution in [0.15, 0.2) is 35.5 Å². The normalized spacial score (nSPS) is 17.2. The zero-order chi connectivity index (χ0) is 26.1. The van der Waals surface area contributed by atoms with Gasteiger partial charge >= 0.3 is 11.9 Å². The van der Waals surface area contributed by atoms with Crippen LogP contribution >= 0.6 is 23.4 Å². The summed E-state index contributed by atoms with van der Waals surface area (Å²) in [5, 5.41) is 42.3. The number of pyridine rings is 1. The number of thioether (sulfide) groups is 1. The molecule has 0 amide bonds. The molecule has 0 unspecified atom stereocenters. The van der Waals surface area contributed by atoms with Crippen LogP contribution in [0.4, 0.5) is 5.69 Å². The molecule has 1 saturated carbocycles. The van der Waals surface area contributed by atoms with E-state index in [-0.39, 0.29) is 0 Å². The van der Waals surface area contributed by atoms with Crippen LogP contribution in [0.25, 0.3) is 0 Å². The molecule has 0 saturated heterocycles. The molecule has 196 valence electrons. The summed E-state index contributed by atoms with van der Waals surface area (Å²) in [5.74, 6) is -3.54. The van der Waals surface area contributed by atoms with Gasteiger partial charge in [0.1, 0.15) is 0 Å². The van der Waals surface area contributed by atoms with Crippen LogP contribution in [-0.2, 0) is 29.0 Å². The van der Waals surface area contributed by atoms with Crippen molar-refractivity contribution in [2.75, 3.05) is 18.4 Å². The standard InChI is InChI=1S/C21H26ClN3S.C4H6O6/c22-19-7-6-16-9-11-23-12-10-18(16)21(19)25-14-15-5-8-20(24-13-15)26-17-3-1-2-4-17;5-1(3(7)8)2(6)4(9)10/h5-8,13,17,23,25H,1-4,9-12,14H2;1-2,5-6H,(H,7,8)(H,9,10)/t;1-,2-/m.1/s1. The number of aliphatic hydroxyl groups excluding tert-OH is 2. The van der Waals surface area contributed by atoms with Crippen LogP contribution in [-0.4, -0.2) is 67.9 Å². The number of rotatable bonds is 8. The van der Waals surface area contributed by atoms with E-state index in [2.05, 4.69) is 33.8 Å². The Morgan fingerprint density at radius 2 is 1.72 bits per heavy atom. The third kappa shape index (κ3) is 8.07. The van der Waals surface area contributed by atoms with Crippen LogP contribution < -0.4 is 10.6 Å². The number of fused-ring (bicyclic) bond motifs is 1. The molecular weight excluding hydrogens is 506 g/mol. The first-order valence-electron chi connectivity index (χ1n) is 11.9. The van der Waals surface area contributed by atoms with Crippen LogP contribution in [0, 0.1) is 0 Å². The number of halogens is 1. The van der Waals surface area contributed by atoms with E-state index in [9.17, 15) is 9.59 Å². The van der Waals surface area contributed by atoms with Crippen molar-refractivity contribution >= 4 is 41.0 Å². The Morgan fingerprint density at radius 3 is 2.33 bits per heavy atom. The lowest BCUT2D eigenvalue weighted by atomic mass is 10.0. The minimum Gasteiger partial charge on any atom is -0.479 e. The van der Waals surface area contributed by atoms with Crippen LogP contribution in [0.1, 0.15) is 42.4 Å². The molecule has 1 aliphatic heterocycles. The van der Waals surface area contributed by atoms with Gasteiger partial charge in [-0.15, -0.1) is 11.8 Å². The summed E-state index contributed by atoms with van der Waals surface area (Å²) >= 11 is 8.44. The van der Waals surface area contributed by atoms with Gasteiger partial charge in [-0.25, -0.2) is 14.6 Å². The zero-order valence-corrected chi connectivity index (χ0v) is 21.4. The first-order chi connectivity index (χ1) is 17.3. The van der Waals surface area contributed by atoms with Gasteiger partial charge in [0.05, 0.1) is 15.7 Å². The second-order valence-electron chi connectivity index (χ2n) is 8.76. The minimum atomic E-state index is -2.27. The molecule has 1 fully saturated rings. The van der Waals surface area contributed by atoms with Gasteiger partial charge in [-0.2, -0.15) is 0 Å². The molecule has 11 heteroatoms. The average molecular weight is 538 g/mol. The minimum absolute atomic E-state index is 0.755. The lowest BCUT2D eigenvalue weighted by molar-refractivity contribution is -0.165. The van der Waals surface area contributed by atoms with Gasteiger partial charge in [-0.05, 0) is 67.6 Å². The molecule has 2 aliphatic rings. The first-order valence-corrected chi connectivity index (χ1v) is 13.2. The predicted molar refractivity (Wildman–Crippen MR) is 139 cm³/mol. The number of carboxylic acid groups (broad SMARTS) is 2. The topological polar surface area (TPSA) is 152 Å². The Hall–Kier alpha value is -2.37. The first kappa shape index (κ1) is 28.2. The van der Waals surface area contributed by atoms with Crippen LogP contribution in [0.5, 0.6) is 0 Å². The molecule has 0 bridgehead atoms. The summed E-state index contributed by atoms with van der Waals surface area (Å²) in [6.07, 6.45) is 4.97. The Morgan fingerprint density at radius 1 is 1.06 bits per heavy atom. The molecule has 1 aromatic heterocycles. The van der Waals surface area contributed by atoms with E-state index in [0.717, 1.165) is 53.5 Å². The number of hydrogen-bond donors (Lipinski definition) is 6. The fourth-order valence-electron chi connectivity index (χ4n) is 4.16. The van der Waals surface area contributed by atoms with Crippen molar-refractivity contribution in [2.45, 2.75) is 67.6 Å². The van der Waals surface area contributed by atoms with Gasteiger partial charge in [0, 0.05) is 18.0 Å². The fraction of sp³-hybridized carbons (Fsp3) is 0.480. The highest BCUT2D eigenvalue weighted by Crippen LogP contribution is 2.34. The molecule has 0 spiro atoms. The summed E-state index contributed by atoms with van der Waals surface area (Å²) in [5.41, 5.74) is 5.06. The number of benzene rings is 1. The largest absolute Gasteiger partial charge is 0.479 e. The lowest BCUT2D eigenvalue weighted by Crippen LogP contribution is -2.39. The number of anilines is 1. The number of carboxylic acids is 2. The van der Waals surface area contributed by atoms with Crippen molar-refractivity contribution in [3.63, 3.8) is 0 Å². The van der Waals surface area contributed by atoms with E-state index in [0.29, 0.717) is 0 Å². The maximum Gasteiger partial charge on any atom is 0.335 e. The summed E-state index contributed by atoms with van der Waals surface area (Å²) in [6, 6.07) is 8.55. The Bertz CT molecular complexity index is 1020. The SMILES string of the molecule is Clc1ccc2c(c1NCc1ccc(SC3CCCC3)nc1)CCNCC2.O=C(O)[C@H](O)[C@@H](O)C(=O)O. The second kappa shape index (κ2) is 13.8. The predicted octanol–water partition coefficient (Wildman–Crippen LogP) is 2.95. The van der Waals surface area contributed by atoms with Gasteiger partial charge in [0.2, 0.25) is 0 Å². The molecule has 1 aliphatic carbocycles. The van der Waals surface area contributed by atoms with Gasteiger partial charge in [-0.3, -0.25) is 0 Å². The lowest BCUT2D eigenvalue weighted by Gasteiger charge is -2.16. The summed E-state index contributed by atoms with van der Waals surface area (Å²) in [4.78, 5) is 24.2. The van der Waals surface area contributed by atoms with E-state index in [1.54, 1.807) is 0 Å². The number of nitrogens with one attached hydrogen (secondary N) is 2. The quantitative estimate of drug-likeness (QED) is 0.296.